The van der Waals surface area contributed by atoms with Gasteiger partial charge < -0.3 is 29.5 Å². The van der Waals surface area contributed by atoms with E-state index in [1.54, 1.807) is 7.11 Å². The topological polar surface area (TPSA) is 101 Å². The van der Waals surface area contributed by atoms with Crippen LogP contribution >= 0.6 is 10.0 Å². The fourth-order valence-electron chi connectivity index (χ4n) is 7.14. The van der Waals surface area contributed by atoms with Crippen LogP contribution in [0.1, 0.15) is 59.6 Å². The molecule has 2 unspecified atom stereocenters. The highest BCUT2D eigenvalue weighted by Crippen LogP contribution is 2.73. The number of fused-ring (bicyclic) bond motifs is 1. The average molecular weight is 652 g/mol. The van der Waals surface area contributed by atoms with E-state index in [1.165, 1.54) is 12.1 Å². The van der Waals surface area contributed by atoms with E-state index in [2.05, 4.69) is 22.3 Å². The van der Waals surface area contributed by atoms with Gasteiger partial charge in [0.05, 0.1) is 19.0 Å². The number of nitrogens with zero attached hydrogens (tertiary/aromatic N) is 2. The van der Waals surface area contributed by atoms with Crippen molar-refractivity contribution in [1.29, 1.82) is 0 Å². The minimum absolute atomic E-state index is 0.0315. The number of ether oxygens (including phenoxy) is 3. The van der Waals surface area contributed by atoms with Crippen LogP contribution in [0.25, 0.3) is 0 Å². The number of carboxylic acid groups (broad SMARTS) is 1. The third-order valence-corrected chi connectivity index (χ3v) is 13.4. The van der Waals surface area contributed by atoms with Gasteiger partial charge in [-0.2, -0.15) is 0 Å². The number of nitrogens with one attached hydrogen (secondary N) is 1. The van der Waals surface area contributed by atoms with Gasteiger partial charge in [0.25, 0.3) is 0 Å². The zero-order valence-corrected chi connectivity index (χ0v) is 27.6. The molecule has 1 amide bonds. The highest BCUT2D eigenvalue weighted by atomic mass is 32.3. The number of benzene rings is 3. The van der Waals surface area contributed by atoms with Crippen LogP contribution in [-0.2, 0) is 17.6 Å². The summed E-state index contributed by atoms with van der Waals surface area (Å²) < 4.78 is 31.2. The summed E-state index contributed by atoms with van der Waals surface area (Å²) in [5.41, 5.74) is 4.83. The Hall–Kier alpha value is -3.96. The van der Waals surface area contributed by atoms with Gasteiger partial charge in [0, 0.05) is 36.3 Å². The van der Waals surface area contributed by atoms with Crippen molar-refractivity contribution in [2.45, 2.75) is 50.2 Å². The van der Waals surface area contributed by atoms with Gasteiger partial charge in [-0.05, 0) is 90.6 Å². The van der Waals surface area contributed by atoms with Crippen molar-refractivity contribution in [3.05, 3.63) is 76.6 Å². The highest BCUT2D eigenvalue weighted by molar-refractivity contribution is 8.44. The molecule has 9 nitrogen and oxygen atoms in total. The van der Waals surface area contributed by atoms with Gasteiger partial charge in [0.2, 0.25) is 18.4 Å². The molecule has 2 fully saturated rings. The number of hydrogen-bond donors (Lipinski definition) is 2. The largest absolute Gasteiger partial charge is 0.493 e. The van der Waals surface area contributed by atoms with Crippen molar-refractivity contribution in [1.82, 2.24) is 4.90 Å². The molecule has 3 heterocycles. The Bertz CT molecular complexity index is 1600. The zero-order valence-electron chi connectivity index (χ0n) is 26.8. The van der Waals surface area contributed by atoms with Crippen molar-refractivity contribution >= 4 is 32.6 Å². The molecule has 3 atom stereocenters. The lowest BCUT2D eigenvalue weighted by Crippen LogP contribution is -2.34. The molecule has 6 rings (SSSR count). The Morgan fingerprint density at radius 1 is 1.02 bits per heavy atom. The Kier molecular flexibility index (Phi) is 9.07. The van der Waals surface area contributed by atoms with Crippen LogP contribution in [0.4, 0.5) is 20.6 Å². The summed E-state index contributed by atoms with van der Waals surface area (Å²) in [5, 5.41) is 12.2. The van der Waals surface area contributed by atoms with E-state index in [4.69, 9.17) is 14.2 Å². The van der Waals surface area contributed by atoms with E-state index < -0.39 is 26.0 Å². The summed E-state index contributed by atoms with van der Waals surface area (Å²) in [5.74, 6) is 0.895. The molecule has 246 valence electrons. The molecule has 0 saturated carbocycles. The number of rotatable bonds is 9. The summed E-state index contributed by atoms with van der Waals surface area (Å²) in [6.07, 6.45) is 5.28. The Labute approximate surface area is 270 Å². The van der Waals surface area contributed by atoms with Crippen LogP contribution in [-0.4, -0.2) is 67.6 Å². The van der Waals surface area contributed by atoms with E-state index in [1.807, 2.05) is 49.3 Å². The monoisotopic (exact) mass is 651 g/mol. The molecule has 0 bridgehead atoms. The second-order valence-electron chi connectivity index (χ2n) is 12.2. The Morgan fingerprint density at radius 3 is 2.30 bits per heavy atom. The van der Waals surface area contributed by atoms with Crippen LogP contribution < -0.4 is 24.4 Å². The second-order valence-corrected chi connectivity index (χ2v) is 15.6. The number of anilines is 2. The summed E-state index contributed by atoms with van der Waals surface area (Å²) in [6, 6.07) is 14.8. The van der Waals surface area contributed by atoms with Crippen LogP contribution in [0, 0.1) is 5.82 Å². The number of carbonyl (C=O) groups excluding carboxylic acids is 1. The standard InChI is InChI=1S/C35H42FN3O6S/c1-5-22-15-26(36)16-23(6-2)32(22)37-31(40)20-39-19-30(25-17-28(43-3)33-29(18-25)44-21-45-33)46(4,35(41)42)34(39)24-9-11-27(12-10-24)38-13-7-8-14-38/h9-12,15-18,30,34H,5-8,13-14,19-21H2,1-4H3,(H,37,40)(H,41,42)/t30-,34?/m1/s1. The van der Waals surface area contributed by atoms with Crippen molar-refractivity contribution in [2.24, 2.45) is 0 Å². The van der Waals surface area contributed by atoms with Crippen molar-refractivity contribution in [2.75, 3.05) is 56.6 Å². The lowest BCUT2D eigenvalue weighted by Gasteiger charge is -2.39. The molecule has 3 aliphatic heterocycles. The quantitative estimate of drug-likeness (QED) is 0.253. The molecule has 2 N–H and O–H groups in total. The van der Waals surface area contributed by atoms with E-state index >= 15 is 0 Å². The molecular weight excluding hydrogens is 609 g/mol. The first-order valence-electron chi connectivity index (χ1n) is 15.8. The van der Waals surface area contributed by atoms with Gasteiger partial charge in [0.1, 0.15) is 5.82 Å². The molecule has 3 aliphatic rings. The van der Waals surface area contributed by atoms with E-state index in [0.29, 0.717) is 42.3 Å². The van der Waals surface area contributed by atoms with Crippen molar-refractivity contribution < 1.29 is 33.3 Å². The molecule has 0 aromatic heterocycles. The number of aryl methyl sites for hydroxylation is 2. The number of halogens is 1. The van der Waals surface area contributed by atoms with Crippen LogP contribution in [0.15, 0.2) is 48.5 Å². The fraction of sp³-hybridized carbons (Fsp3) is 0.429. The summed E-state index contributed by atoms with van der Waals surface area (Å²) >= 11 is 0. The summed E-state index contributed by atoms with van der Waals surface area (Å²) in [4.78, 5) is 31.6. The van der Waals surface area contributed by atoms with Gasteiger partial charge in [-0.1, -0.05) is 26.0 Å². The second kappa shape index (κ2) is 13.0. The molecule has 11 heteroatoms. The van der Waals surface area contributed by atoms with Crippen LogP contribution in [0.3, 0.4) is 0 Å². The van der Waals surface area contributed by atoms with Crippen molar-refractivity contribution in [3.63, 3.8) is 0 Å². The number of hydrogen-bond acceptors (Lipinski definition) is 7. The molecule has 3 aromatic rings. The third-order valence-electron chi connectivity index (χ3n) is 9.50. The molecule has 0 spiro atoms. The van der Waals surface area contributed by atoms with Crippen molar-refractivity contribution in [3.8, 4) is 17.2 Å². The minimum Gasteiger partial charge on any atom is -0.493 e. The Balaban J connectivity index is 1.39. The van der Waals surface area contributed by atoms with Gasteiger partial charge in [-0.15, -0.1) is 10.0 Å². The first-order valence-corrected chi connectivity index (χ1v) is 18.0. The van der Waals surface area contributed by atoms with E-state index in [0.717, 1.165) is 53.9 Å². The van der Waals surface area contributed by atoms with E-state index in [9.17, 15) is 19.1 Å². The first kappa shape index (κ1) is 32.0. The third kappa shape index (κ3) is 5.75. The number of carbonyl (C=O) groups is 2. The maximum atomic E-state index is 14.3. The molecule has 46 heavy (non-hydrogen) atoms. The fourth-order valence-corrected chi connectivity index (χ4v) is 10.6. The number of amides is 1. The maximum Gasteiger partial charge on any atom is 0.349 e. The molecule has 0 aliphatic carbocycles. The molecule has 2 saturated heterocycles. The van der Waals surface area contributed by atoms with Gasteiger partial charge >= 0.3 is 5.30 Å². The minimum atomic E-state index is -2.53. The number of methoxy groups -OCH3 is 1. The highest BCUT2D eigenvalue weighted by Gasteiger charge is 2.54. The molecule has 3 aromatic carbocycles. The predicted octanol–water partition coefficient (Wildman–Crippen LogP) is 7.09. The van der Waals surface area contributed by atoms with Gasteiger partial charge in [-0.3, -0.25) is 9.69 Å². The van der Waals surface area contributed by atoms with Crippen LogP contribution in [0.2, 0.25) is 0 Å². The summed E-state index contributed by atoms with van der Waals surface area (Å²) in [6.45, 7) is 6.22. The first-order chi connectivity index (χ1) is 22.2. The van der Waals surface area contributed by atoms with Gasteiger partial charge in [0.15, 0.2) is 11.5 Å². The lowest BCUT2D eigenvalue weighted by molar-refractivity contribution is -0.117. The summed E-state index contributed by atoms with van der Waals surface area (Å²) in [7, 11) is -0.987. The smallest absolute Gasteiger partial charge is 0.349 e. The lowest BCUT2D eigenvalue weighted by atomic mass is 10.0. The van der Waals surface area contributed by atoms with E-state index in [-0.39, 0.29) is 25.1 Å². The maximum absolute atomic E-state index is 14.3. The normalized spacial score (nSPS) is 23.7. The van der Waals surface area contributed by atoms with Crippen LogP contribution in [0.5, 0.6) is 17.2 Å². The molecule has 0 radical (unpaired) electrons. The Morgan fingerprint density at radius 2 is 1.70 bits per heavy atom. The predicted molar refractivity (Wildman–Crippen MR) is 179 cm³/mol. The average Bonchev–Trinajstić information content (AvgIpc) is 3.81. The molecular formula is C35H42FN3O6S. The SMILES string of the molecule is CCc1cc(F)cc(CC)c1NC(=O)CN1C[C@H](c2cc(OC)c3c(c2)OCO3)S(C)(C(=O)O)C1c1ccc(N2CCCC2)cc1. The zero-order chi connectivity index (χ0) is 32.6. The van der Waals surface area contributed by atoms with Gasteiger partial charge in [-0.25, -0.2) is 9.18 Å².